The van der Waals surface area contributed by atoms with Crippen molar-refractivity contribution in [2.45, 2.75) is 142 Å². The van der Waals surface area contributed by atoms with Crippen LogP contribution in [0.3, 0.4) is 0 Å². The summed E-state index contributed by atoms with van der Waals surface area (Å²) in [6.07, 6.45) is -1.64. The smallest absolute Gasteiger partial charge is 0.424 e. The molecule has 4 atom stereocenters. The predicted octanol–water partition coefficient (Wildman–Crippen LogP) is 6.68. The Morgan fingerprint density at radius 3 is 2.07 bits per heavy atom. The van der Waals surface area contributed by atoms with E-state index >= 15 is 0 Å². The second kappa shape index (κ2) is 14.0. The van der Waals surface area contributed by atoms with E-state index in [-0.39, 0.29) is 36.6 Å². The average molecular weight is 625 g/mol. The third kappa shape index (κ3) is 10.5. The van der Waals surface area contributed by atoms with Crippen LogP contribution in [0.1, 0.15) is 100 Å². The number of anilines is 1. The van der Waals surface area contributed by atoms with Crippen LogP contribution in [0.4, 0.5) is 15.3 Å². The number of aliphatic hydroxyl groups is 1. The van der Waals surface area contributed by atoms with Crippen molar-refractivity contribution in [3.63, 3.8) is 0 Å². The molecule has 1 aromatic rings. The maximum absolute atomic E-state index is 13.5. The Bertz CT molecular complexity index is 1090. The molecule has 11 nitrogen and oxygen atoms in total. The van der Waals surface area contributed by atoms with Crippen LogP contribution in [0, 0.1) is 0 Å². The number of esters is 1. The molecule has 0 aromatic carbocycles. The zero-order valence-electron chi connectivity index (χ0n) is 28.0. The van der Waals surface area contributed by atoms with Crippen LogP contribution in [0.15, 0.2) is 18.5 Å². The first-order valence-corrected chi connectivity index (χ1v) is 17.8. The number of hydrogen-bond acceptors (Lipinski definition) is 10. The van der Waals surface area contributed by atoms with Crippen LogP contribution in [0.25, 0.3) is 0 Å². The maximum atomic E-state index is 13.5. The Balaban J connectivity index is 2.59. The Kier molecular flexibility index (Phi) is 12.0. The van der Waals surface area contributed by atoms with E-state index in [0.29, 0.717) is 5.56 Å². The molecule has 0 radical (unpaired) electrons. The normalized spacial score (nSPS) is 21.6. The van der Waals surface area contributed by atoms with Crippen LogP contribution < -0.4 is 4.90 Å². The van der Waals surface area contributed by atoms with Gasteiger partial charge in [-0.1, -0.05) is 20.8 Å². The van der Waals surface area contributed by atoms with E-state index in [9.17, 15) is 19.5 Å². The summed E-state index contributed by atoms with van der Waals surface area (Å²) in [6.45, 7) is 22.7. The number of imide groups is 1. The van der Waals surface area contributed by atoms with Crippen molar-refractivity contribution in [2.24, 2.45) is 0 Å². The van der Waals surface area contributed by atoms with Crippen molar-refractivity contribution in [1.29, 1.82) is 0 Å². The first kappa shape index (κ1) is 36.6. The topological polar surface area (TPSA) is 134 Å². The van der Waals surface area contributed by atoms with Gasteiger partial charge < -0.3 is 28.5 Å². The number of rotatable bonds is 8. The highest BCUT2D eigenvalue weighted by Crippen LogP contribution is 2.43. The summed E-state index contributed by atoms with van der Waals surface area (Å²) < 4.78 is 29.4. The minimum atomic E-state index is -2.35. The van der Waals surface area contributed by atoms with E-state index in [2.05, 4.69) is 38.8 Å². The summed E-state index contributed by atoms with van der Waals surface area (Å²) in [5, 5.41) is 11.3. The molecule has 1 N–H and O–H groups in total. The number of aromatic nitrogens is 1. The molecule has 0 spiro atoms. The first-order chi connectivity index (χ1) is 19.6. The summed E-state index contributed by atoms with van der Waals surface area (Å²) in [7, 11) is -2.35. The monoisotopic (exact) mass is 624 g/mol. The van der Waals surface area contributed by atoms with Gasteiger partial charge in [0.05, 0.1) is 36.8 Å². The van der Waals surface area contributed by atoms with Gasteiger partial charge in [-0.3, -0.25) is 9.78 Å². The van der Waals surface area contributed by atoms with E-state index in [1.807, 2.05) is 0 Å². The second-order valence-electron chi connectivity index (χ2n) is 14.4. The number of ether oxygens (including phenoxy) is 4. The lowest BCUT2D eigenvalue weighted by molar-refractivity contribution is -0.171. The summed E-state index contributed by atoms with van der Waals surface area (Å²) in [5.41, 5.74) is -1.21. The molecule has 2 heterocycles. The molecule has 1 saturated heterocycles. The van der Waals surface area contributed by atoms with Crippen molar-refractivity contribution in [2.75, 3.05) is 11.5 Å². The van der Waals surface area contributed by atoms with Gasteiger partial charge in [0, 0.05) is 24.6 Å². The van der Waals surface area contributed by atoms with Gasteiger partial charge in [-0.2, -0.15) is 4.90 Å². The standard InChI is InChI=1S/C31H52N2O9Si/c1-13-38-25(34)15-14-22-26(35)24(42-43(11,12)31(8,9)10)18-23(39-22)20-16-17-32-19-21(20)33(27(36)40-29(2,3)4)28(37)41-30(5,6)7/h16-17,19,22-24,26,35H,13-15,18H2,1-12H3. The van der Waals surface area contributed by atoms with Crippen LogP contribution in [-0.2, 0) is 28.2 Å². The number of nitrogens with zero attached hydrogens (tertiary/aromatic N) is 2. The fraction of sp³-hybridized carbons (Fsp3) is 0.742. The first-order valence-electron chi connectivity index (χ1n) is 14.9. The molecule has 244 valence electrons. The van der Waals surface area contributed by atoms with Gasteiger partial charge in [0.25, 0.3) is 0 Å². The average Bonchev–Trinajstić information content (AvgIpc) is 2.82. The molecule has 4 unspecified atom stereocenters. The highest BCUT2D eigenvalue weighted by Gasteiger charge is 2.46. The third-order valence-corrected chi connectivity index (χ3v) is 11.8. The number of carbonyl (C=O) groups excluding carboxylic acids is 3. The second-order valence-corrected chi connectivity index (χ2v) is 19.1. The van der Waals surface area contributed by atoms with Crippen molar-refractivity contribution < 1.29 is 42.9 Å². The summed E-state index contributed by atoms with van der Waals surface area (Å²) in [5.74, 6) is -0.395. The van der Waals surface area contributed by atoms with Gasteiger partial charge in [-0.15, -0.1) is 0 Å². The molecule has 1 aliphatic heterocycles. The number of carbonyl (C=O) groups is 3. The lowest BCUT2D eigenvalue weighted by Gasteiger charge is -2.46. The molecule has 2 amide bonds. The molecular formula is C31H52N2O9Si. The van der Waals surface area contributed by atoms with Crippen molar-refractivity contribution >= 4 is 32.2 Å². The van der Waals surface area contributed by atoms with E-state index in [1.54, 1.807) is 54.5 Å². The maximum Gasteiger partial charge on any atom is 0.424 e. The van der Waals surface area contributed by atoms with Crippen LogP contribution in [0.2, 0.25) is 18.1 Å². The lowest BCUT2D eigenvalue weighted by Crippen LogP contribution is -2.53. The van der Waals surface area contributed by atoms with Gasteiger partial charge in [0.15, 0.2) is 8.32 Å². The van der Waals surface area contributed by atoms with E-state index in [1.165, 1.54) is 12.4 Å². The fourth-order valence-corrected chi connectivity index (χ4v) is 5.63. The lowest BCUT2D eigenvalue weighted by atomic mass is 9.91. The summed E-state index contributed by atoms with van der Waals surface area (Å²) in [6, 6.07) is 1.66. The highest BCUT2D eigenvalue weighted by atomic mass is 28.4. The van der Waals surface area contributed by atoms with Gasteiger partial charge >= 0.3 is 18.2 Å². The van der Waals surface area contributed by atoms with E-state index in [4.69, 9.17) is 23.4 Å². The van der Waals surface area contributed by atoms with Gasteiger partial charge in [-0.25, -0.2) is 9.59 Å². The van der Waals surface area contributed by atoms with Crippen molar-refractivity contribution in [3.8, 4) is 0 Å². The van der Waals surface area contributed by atoms with Crippen LogP contribution in [0.5, 0.6) is 0 Å². The Morgan fingerprint density at radius 1 is 1.02 bits per heavy atom. The molecular weight excluding hydrogens is 572 g/mol. The largest absolute Gasteiger partial charge is 0.466 e. The molecule has 1 aromatic heterocycles. The minimum Gasteiger partial charge on any atom is -0.466 e. The van der Waals surface area contributed by atoms with Gasteiger partial charge in [0.2, 0.25) is 0 Å². The zero-order chi connectivity index (χ0) is 33.0. The van der Waals surface area contributed by atoms with Crippen LogP contribution >= 0.6 is 0 Å². The summed E-state index contributed by atoms with van der Waals surface area (Å²) >= 11 is 0. The molecule has 0 aliphatic carbocycles. The summed E-state index contributed by atoms with van der Waals surface area (Å²) in [4.78, 5) is 44.2. The number of hydrogen-bond donors (Lipinski definition) is 1. The zero-order valence-corrected chi connectivity index (χ0v) is 29.0. The molecule has 1 aliphatic rings. The predicted molar refractivity (Wildman–Crippen MR) is 165 cm³/mol. The number of aliphatic hydroxyl groups excluding tert-OH is 1. The van der Waals surface area contributed by atoms with E-state index < -0.39 is 62.1 Å². The number of amides is 2. The highest BCUT2D eigenvalue weighted by molar-refractivity contribution is 6.74. The Labute approximate surface area is 257 Å². The third-order valence-electron chi connectivity index (χ3n) is 7.31. The SMILES string of the molecule is CCOC(=O)CCC1OC(c2ccncc2N(C(=O)OC(C)(C)C)C(=O)OC(C)(C)C)CC(O[Si](C)(C)C(C)(C)C)C1O. The minimum absolute atomic E-state index is 0.0419. The Morgan fingerprint density at radius 2 is 1.58 bits per heavy atom. The van der Waals surface area contributed by atoms with Crippen molar-refractivity contribution in [3.05, 3.63) is 24.0 Å². The Hall–Kier alpha value is -2.54. The van der Waals surface area contributed by atoms with Gasteiger partial charge in [-0.05, 0) is 79.1 Å². The molecule has 2 rings (SSSR count). The van der Waals surface area contributed by atoms with Gasteiger partial charge in [0.1, 0.15) is 17.3 Å². The molecule has 1 fully saturated rings. The van der Waals surface area contributed by atoms with Crippen molar-refractivity contribution in [1.82, 2.24) is 4.98 Å². The molecule has 12 heteroatoms. The molecule has 0 bridgehead atoms. The number of pyridine rings is 1. The molecule has 43 heavy (non-hydrogen) atoms. The fourth-order valence-electron chi connectivity index (χ4n) is 4.28. The molecule has 0 saturated carbocycles. The quantitative estimate of drug-likeness (QED) is 0.190. The van der Waals surface area contributed by atoms with Crippen LogP contribution in [-0.4, -0.2) is 72.7 Å². The van der Waals surface area contributed by atoms with E-state index in [0.717, 1.165) is 4.90 Å².